The minimum Gasteiger partial charge on any atom is -0.444 e. The summed E-state index contributed by atoms with van der Waals surface area (Å²) in [5, 5.41) is 0. The summed E-state index contributed by atoms with van der Waals surface area (Å²) in [6, 6.07) is 14.2. The molecule has 0 radical (unpaired) electrons. The van der Waals surface area contributed by atoms with E-state index in [4.69, 9.17) is 4.74 Å². The normalized spacial score (nSPS) is 19.8. The Hall–Kier alpha value is -2.30. The molecule has 2 aromatic carbocycles. The van der Waals surface area contributed by atoms with E-state index in [1.165, 1.54) is 75.6 Å². The summed E-state index contributed by atoms with van der Waals surface area (Å²) in [6.45, 7) is 2.24. The summed E-state index contributed by atoms with van der Waals surface area (Å²) < 4.78 is 45.3. The Kier molecular flexibility index (Phi) is 9.40. The molecule has 1 fully saturated rings. The van der Waals surface area contributed by atoms with E-state index in [1.54, 1.807) is 18.2 Å². The molecule has 0 unspecified atom stereocenters. The quantitative estimate of drug-likeness (QED) is 0.262. The number of halogens is 3. The molecule has 5 heteroatoms. The molecule has 0 N–H and O–H groups in total. The lowest BCUT2D eigenvalue weighted by Gasteiger charge is -2.29. The van der Waals surface area contributed by atoms with Gasteiger partial charge in [-0.1, -0.05) is 87.9 Å². The molecule has 2 nitrogen and oxygen atoms in total. The lowest BCUT2D eigenvalue weighted by Crippen LogP contribution is -2.26. The van der Waals surface area contributed by atoms with Crippen LogP contribution in [-0.4, -0.2) is 12.1 Å². The van der Waals surface area contributed by atoms with E-state index in [0.29, 0.717) is 5.92 Å². The number of unbranched alkanes of at least 4 members (excludes halogenated alkanes) is 4. The van der Waals surface area contributed by atoms with Gasteiger partial charge in [-0.2, -0.15) is 13.2 Å². The predicted molar refractivity (Wildman–Crippen MR) is 125 cm³/mol. The number of alkyl halides is 3. The molecule has 0 saturated heterocycles. The van der Waals surface area contributed by atoms with Crippen molar-refractivity contribution in [3.05, 3.63) is 71.3 Å². The zero-order valence-corrected chi connectivity index (χ0v) is 19.4. The Balaban J connectivity index is 1.52. The van der Waals surface area contributed by atoms with Gasteiger partial charge in [-0.25, -0.2) is 4.79 Å². The fourth-order valence-electron chi connectivity index (χ4n) is 4.84. The first-order valence-corrected chi connectivity index (χ1v) is 12.3. The summed E-state index contributed by atoms with van der Waals surface area (Å²) in [7, 11) is 0. The largest absolute Gasteiger partial charge is 0.444 e. The maximum Gasteiger partial charge on any atom is 0.429 e. The Morgan fingerprint density at radius 1 is 0.909 bits per heavy atom. The predicted octanol–water partition coefficient (Wildman–Crippen LogP) is 8.78. The van der Waals surface area contributed by atoms with E-state index in [-0.39, 0.29) is 11.1 Å². The van der Waals surface area contributed by atoms with Gasteiger partial charge in [-0.15, -0.1) is 0 Å². The molecule has 0 bridgehead atoms. The molecule has 1 atom stereocenters. The van der Waals surface area contributed by atoms with Crippen LogP contribution in [0, 0.1) is 5.92 Å². The fraction of sp³-hybridized carbons (Fsp3) is 0.536. The summed E-state index contributed by atoms with van der Waals surface area (Å²) in [5.41, 5.74) is 1.21. The highest BCUT2D eigenvalue weighted by Gasteiger charge is 2.44. The van der Waals surface area contributed by atoms with Crippen LogP contribution in [0.1, 0.15) is 105 Å². The molecule has 33 heavy (non-hydrogen) atoms. The van der Waals surface area contributed by atoms with Crippen molar-refractivity contribution in [2.75, 3.05) is 0 Å². The van der Waals surface area contributed by atoms with E-state index in [0.717, 1.165) is 24.3 Å². The monoisotopic (exact) mass is 460 g/mol. The van der Waals surface area contributed by atoms with Gasteiger partial charge in [0.2, 0.25) is 6.10 Å². The lowest BCUT2D eigenvalue weighted by molar-refractivity contribution is -0.207. The zero-order valence-electron chi connectivity index (χ0n) is 19.4. The average Bonchev–Trinajstić information content (AvgIpc) is 2.82. The van der Waals surface area contributed by atoms with Gasteiger partial charge in [0.15, 0.2) is 0 Å². The number of hydrogen-bond acceptors (Lipinski definition) is 2. The molecule has 0 amide bonds. The number of hydrogen-bond donors (Lipinski definition) is 0. The highest BCUT2D eigenvalue weighted by atomic mass is 19.4. The van der Waals surface area contributed by atoms with Crippen molar-refractivity contribution in [3.8, 4) is 0 Å². The maximum absolute atomic E-state index is 13.5. The first-order chi connectivity index (χ1) is 15.9. The molecule has 2 aromatic rings. The van der Waals surface area contributed by atoms with Gasteiger partial charge in [0.05, 0.1) is 5.56 Å². The first kappa shape index (κ1) is 25.3. The fourth-order valence-corrected chi connectivity index (χ4v) is 4.84. The highest BCUT2D eigenvalue weighted by molar-refractivity contribution is 5.89. The van der Waals surface area contributed by atoms with E-state index in [9.17, 15) is 18.0 Å². The van der Waals surface area contributed by atoms with E-state index >= 15 is 0 Å². The molecular formula is C28H35F3O2. The van der Waals surface area contributed by atoms with Gasteiger partial charge in [0.1, 0.15) is 0 Å². The van der Waals surface area contributed by atoms with Gasteiger partial charge in [0, 0.05) is 5.56 Å². The Bertz CT molecular complexity index is 838. The van der Waals surface area contributed by atoms with Gasteiger partial charge in [-0.3, -0.25) is 0 Å². The summed E-state index contributed by atoms with van der Waals surface area (Å²) in [5.74, 6) is 0.313. The molecule has 3 rings (SSSR count). The lowest BCUT2D eigenvalue weighted by atomic mass is 9.77. The molecule has 0 spiro atoms. The number of benzene rings is 2. The second-order valence-corrected chi connectivity index (χ2v) is 9.28. The third-order valence-corrected chi connectivity index (χ3v) is 6.80. The Labute approximate surface area is 195 Å². The molecule has 1 aliphatic rings. The van der Waals surface area contributed by atoms with Crippen molar-refractivity contribution in [3.63, 3.8) is 0 Å². The second kappa shape index (κ2) is 12.2. The van der Waals surface area contributed by atoms with Crippen molar-refractivity contribution < 1.29 is 22.7 Å². The van der Waals surface area contributed by atoms with Gasteiger partial charge < -0.3 is 4.74 Å². The number of ether oxygens (including phenoxy) is 1. The van der Waals surface area contributed by atoms with Crippen LogP contribution in [0.3, 0.4) is 0 Å². The van der Waals surface area contributed by atoms with Gasteiger partial charge >= 0.3 is 12.1 Å². The van der Waals surface area contributed by atoms with E-state index in [2.05, 4.69) is 6.92 Å². The molecule has 1 aliphatic carbocycles. The van der Waals surface area contributed by atoms with Crippen LogP contribution in [0.25, 0.3) is 0 Å². The van der Waals surface area contributed by atoms with Crippen molar-refractivity contribution in [2.45, 2.75) is 89.3 Å². The van der Waals surface area contributed by atoms with Crippen molar-refractivity contribution in [1.82, 2.24) is 0 Å². The van der Waals surface area contributed by atoms with Crippen LogP contribution in [-0.2, 0) is 4.74 Å². The average molecular weight is 461 g/mol. The molecule has 1 saturated carbocycles. The standard InChI is InChI=1S/C28H35F3O2/c1-2-3-4-5-7-10-21-13-15-22(16-14-21)23-17-19-25(20-18-23)27(32)33-26(28(29,30)31)24-11-8-6-9-12-24/h6,8-9,11-12,17-22,26H,2-5,7,10,13-16H2,1H3/t21?,22?,26-/m1/s1. The minimum atomic E-state index is -4.68. The van der Waals surface area contributed by atoms with Crippen LogP contribution in [0.2, 0.25) is 0 Å². The molecule has 0 heterocycles. The van der Waals surface area contributed by atoms with Crippen LogP contribution >= 0.6 is 0 Å². The topological polar surface area (TPSA) is 26.3 Å². The second-order valence-electron chi connectivity index (χ2n) is 9.28. The summed E-state index contributed by atoms with van der Waals surface area (Å²) in [4.78, 5) is 12.4. The highest BCUT2D eigenvalue weighted by Crippen LogP contribution is 2.39. The summed E-state index contributed by atoms with van der Waals surface area (Å²) in [6.07, 6.45) is 5.71. The van der Waals surface area contributed by atoms with Crippen molar-refractivity contribution in [2.24, 2.45) is 5.92 Å². The third kappa shape index (κ3) is 7.62. The van der Waals surface area contributed by atoms with Crippen LogP contribution in [0.4, 0.5) is 13.2 Å². The maximum atomic E-state index is 13.5. The molecule has 180 valence electrons. The summed E-state index contributed by atoms with van der Waals surface area (Å²) >= 11 is 0. The smallest absolute Gasteiger partial charge is 0.429 e. The van der Waals surface area contributed by atoms with Crippen molar-refractivity contribution >= 4 is 5.97 Å². The zero-order chi connectivity index (χ0) is 23.7. The number of rotatable bonds is 10. The third-order valence-electron chi connectivity index (χ3n) is 6.80. The molecular weight excluding hydrogens is 425 g/mol. The van der Waals surface area contributed by atoms with Crippen LogP contribution in [0.5, 0.6) is 0 Å². The molecule has 0 aromatic heterocycles. The van der Waals surface area contributed by atoms with Crippen LogP contribution in [0.15, 0.2) is 54.6 Å². The number of carbonyl (C=O) groups excluding carboxylic acids is 1. The van der Waals surface area contributed by atoms with Gasteiger partial charge in [0.25, 0.3) is 0 Å². The minimum absolute atomic E-state index is 0.0860. The number of esters is 1. The first-order valence-electron chi connectivity index (χ1n) is 12.3. The SMILES string of the molecule is CCCCCCCC1CCC(c2ccc(C(=O)O[C@H](c3ccccc3)C(F)(F)F)cc2)CC1. The van der Waals surface area contributed by atoms with Gasteiger partial charge in [-0.05, 0) is 55.2 Å². The molecule has 0 aliphatic heterocycles. The van der Waals surface area contributed by atoms with E-state index < -0.39 is 18.2 Å². The van der Waals surface area contributed by atoms with Crippen LogP contribution < -0.4 is 0 Å². The van der Waals surface area contributed by atoms with E-state index in [1.807, 2.05) is 12.1 Å². The Morgan fingerprint density at radius 2 is 1.55 bits per heavy atom. The van der Waals surface area contributed by atoms with Crippen molar-refractivity contribution in [1.29, 1.82) is 0 Å². The Morgan fingerprint density at radius 3 is 2.15 bits per heavy atom. The number of carbonyl (C=O) groups is 1.